The van der Waals surface area contributed by atoms with Crippen LogP contribution in [0.5, 0.6) is 0 Å². The maximum atomic E-state index is 11.9. The number of para-hydroxylation sites is 1. The number of carbonyl (C=O) groups excluding carboxylic acids is 4. The van der Waals surface area contributed by atoms with Gasteiger partial charge in [0.15, 0.2) is 12.4 Å². The van der Waals surface area contributed by atoms with E-state index in [0.717, 1.165) is 0 Å². The Morgan fingerprint density at radius 2 is 1.68 bits per heavy atom. The topological polar surface area (TPSA) is 102 Å². The number of rotatable bonds is 8. The van der Waals surface area contributed by atoms with Crippen LogP contribution in [-0.4, -0.2) is 30.2 Å². The number of benzene rings is 2. The van der Waals surface area contributed by atoms with E-state index in [1.54, 1.807) is 42.5 Å². The van der Waals surface area contributed by atoms with Gasteiger partial charge < -0.3 is 15.4 Å². The summed E-state index contributed by atoms with van der Waals surface area (Å²) in [6, 6.07) is 13.1. The normalized spacial score (nSPS) is 10.1. The summed E-state index contributed by atoms with van der Waals surface area (Å²) in [4.78, 5) is 46.8. The van der Waals surface area contributed by atoms with Crippen molar-refractivity contribution in [2.24, 2.45) is 0 Å². The first-order valence-corrected chi connectivity index (χ1v) is 8.84. The minimum atomic E-state index is -0.679. The largest absolute Gasteiger partial charge is 0.456 e. The van der Waals surface area contributed by atoms with Gasteiger partial charge in [-0.2, -0.15) is 0 Å². The number of carbonyl (C=O) groups is 4. The molecule has 2 rings (SSSR count). The van der Waals surface area contributed by atoms with Gasteiger partial charge in [-0.15, -0.1) is 0 Å². The number of hydrogen-bond acceptors (Lipinski definition) is 5. The van der Waals surface area contributed by atoms with Gasteiger partial charge in [0.25, 0.3) is 5.91 Å². The number of hydrogen-bond donors (Lipinski definition) is 2. The van der Waals surface area contributed by atoms with Crippen molar-refractivity contribution < 1.29 is 23.9 Å². The van der Waals surface area contributed by atoms with E-state index in [9.17, 15) is 19.2 Å². The second-order valence-corrected chi connectivity index (χ2v) is 6.28. The standard InChI is InChI=1S/C20H19ClN2O5/c1-13(24)14-5-4-6-15(11-14)22-19(26)12-28-20(27)10-9-18(25)23-17-8-3-2-7-16(17)21/h2-8,11H,9-10,12H2,1H3,(H,22,26)(H,23,25). The monoisotopic (exact) mass is 402 g/mol. The molecular weight excluding hydrogens is 384 g/mol. The van der Waals surface area contributed by atoms with E-state index in [-0.39, 0.29) is 18.6 Å². The third kappa shape index (κ3) is 6.85. The molecule has 2 N–H and O–H groups in total. The molecule has 2 amide bonds. The Hall–Kier alpha value is -3.19. The van der Waals surface area contributed by atoms with Gasteiger partial charge in [0.05, 0.1) is 17.1 Å². The van der Waals surface area contributed by atoms with Gasteiger partial charge in [0.1, 0.15) is 0 Å². The molecule has 2 aromatic carbocycles. The highest BCUT2D eigenvalue weighted by molar-refractivity contribution is 6.33. The molecule has 0 heterocycles. The van der Waals surface area contributed by atoms with Crippen LogP contribution < -0.4 is 10.6 Å². The fourth-order valence-electron chi connectivity index (χ4n) is 2.22. The predicted octanol–water partition coefficient (Wildman–Crippen LogP) is 3.44. The van der Waals surface area contributed by atoms with Crippen molar-refractivity contribution in [3.8, 4) is 0 Å². The fraction of sp³-hybridized carbons (Fsp3) is 0.200. The van der Waals surface area contributed by atoms with E-state index in [2.05, 4.69) is 10.6 Å². The molecule has 0 saturated carbocycles. The van der Waals surface area contributed by atoms with Crippen molar-refractivity contribution in [2.45, 2.75) is 19.8 Å². The van der Waals surface area contributed by atoms with Crippen molar-refractivity contribution >= 4 is 46.5 Å². The zero-order valence-electron chi connectivity index (χ0n) is 15.2. The van der Waals surface area contributed by atoms with E-state index in [4.69, 9.17) is 16.3 Å². The smallest absolute Gasteiger partial charge is 0.306 e. The Bertz CT molecular complexity index is 898. The number of Topliss-reactive ketones (excluding diaryl/α,β-unsaturated/α-hetero) is 1. The third-order valence-corrected chi connectivity index (χ3v) is 3.95. The maximum absolute atomic E-state index is 11.9. The van der Waals surface area contributed by atoms with Crippen LogP contribution in [0, 0.1) is 0 Å². The number of amides is 2. The molecule has 0 fully saturated rings. The van der Waals surface area contributed by atoms with Crippen molar-refractivity contribution in [1.82, 2.24) is 0 Å². The Kier molecular flexibility index (Phi) is 7.71. The van der Waals surface area contributed by atoms with Crippen LogP contribution >= 0.6 is 11.6 Å². The number of esters is 1. The predicted molar refractivity (Wildman–Crippen MR) is 105 cm³/mol. The zero-order chi connectivity index (χ0) is 20.5. The summed E-state index contributed by atoms with van der Waals surface area (Å²) in [6.45, 7) is 0.930. The average molecular weight is 403 g/mol. The van der Waals surface area contributed by atoms with E-state index < -0.39 is 24.4 Å². The minimum Gasteiger partial charge on any atom is -0.456 e. The average Bonchev–Trinajstić information content (AvgIpc) is 2.66. The van der Waals surface area contributed by atoms with Crippen LogP contribution in [-0.2, 0) is 19.1 Å². The van der Waals surface area contributed by atoms with Gasteiger partial charge in [-0.05, 0) is 31.2 Å². The molecule has 0 bridgehead atoms. The zero-order valence-corrected chi connectivity index (χ0v) is 15.9. The first-order valence-electron chi connectivity index (χ1n) is 8.46. The Morgan fingerprint density at radius 3 is 2.39 bits per heavy atom. The molecule has 0 aliphatic carbocycles. The first-order chi connectivity index (χ1) is 13.3. The number of ketones is 1. The SMILES string of the molecule is CC(=O)c1cccc(NC(=O)COC(=O)CCC(=O)Nc2ccccc2Cl)c1. The molecule has 8 heteroatoms. The van der Waals surface area contributed by atoms with Crippen LogP contribution in [0.2, 0.25) is 5.02 Å². The van der Waals surface area contributed by atoms with Gasteiger partial charge in [0.2, 0.25) is 5.91 Å². The minimum absolute atomic E-state index is 0.105. The maximum Gasteiger partial charge on any atom is 0.306 e. The van der Waals surface area contributed by atoms with E-state index in [0.29, 0.717) is 22.0 Å². The first kappa shape index (κ1) is 21.1. The van der Waals surface area contributed by atoms with Crippen molar-refractivity contribution in [2.75, 3.05) is 17.2 Å². The van der Waals surface area contributed by atoms with Gasteiger partial charge in [-0.1, -0.05) is 35.9 Å². The molecule has 0 aromatic heterocycles. The molecule has 0 atom stereocenters. The lowest BCUT2D eigenvalue weighted by Gasteiger charge is -2.08. The van der Waals surface area contributed by atoms with E-state index in [1.807, 2.05) is 0 Å². The summed E-state index contributed by atoms with van der Waals surface area (Å²) in [5.41, 5.74) is 1.34. The van der Waals surface area contributed by atoms with Gasteiger partial charge in [-0.25, -0.2) is 0 Å². The highest BCUT2D eigenvalue weighted by Gasteiger charge is 2.12. The lowest BCUT2D eigenvalue weighted by atomic mass is 10.1. The molecule has 0 unspecified atom stereocenters. The third-order valence-electron chi connectivity index (χ3n) is 3.62. The summed E-state index contributed by atoms with van der Waals surface area (Å²) >= 11 is 5.94. The number of halogens is 1. The fourth-order valence-corrected chi connectivity index (χ4v) is 2.41. The van der Waals surface area contributed by atoms with Crippen LogP contribution in [0.3, 0.4) is 0 Å². The van der Waals surface area contributed by atoms with Crippen LogP contribution in [0.4, 0.5) is 11.4 Å². The van der Waals surface area contributed by atoms with Crippen molar-refractivity contribution in [1.29, 1.82) is 0 Å². The second-order valence-electron chi connectivity index (χ2n) is 5.87. The molecule has 0 saturated heterocycles. The number of nitrogens with one attached hydrogen (secondary N) is 2. The van der Waals surface area contributed by atoms with E-state index >= 15 is 0 Å². The summed E-state index contributed by atoms with van der Waals surface area (Å²) in [5.74, 6) is -1.75. The van der Waals surface area contributed by atoms with Crippen molar-refractivity contribution in [3.05, 3.63) is 59.1 Å². The molecule has 7 nitrogen and oxygen atoms in total. The second kappa shape index (κ2) is 10.2. The Morgan fingerprint density at radius 1 is 0.929 bits per heavy atom. The molecule has 0 aliphatic rings. The quantitative estimate of drug-likeness (QED) is 0.520. The molecule has 2 aromatic rings. The molecule has 0 radical (unpaired) electrons. The Balaban J connectivity index is 1.72. The van der Waals surface area contributed by atoms with Gasteiger partial charge in [0, 0.05) is 17.7 Å². The van der Waals surface area contributed by atoms with E-state index in [1.165, 1.54) is 13.0 Å². The van der Waals surface area contributed by atoms with Gasteiger partial charge in [-0.3, -0.25) is 19.2 Å². The van der Waals surface area contributed by atoms with Crippen molar-refractivity contribution in [3.63, 3.8) is 0 Å². The summed E-state index contributed by atoms with van der Waals surface area (Å²) < 4.78 is 4.85. The Labute approximate surface area is 167 Å². The highest BCUT2D eigenvalue weighted by Crippen LogP contribution is 2.20. The summed E-state index contributed by atoms with van der Waals surface area (Å²) in [6.07, 6.45) is -0.282. The molecular formula is C20H19ClN2O5. The number of ether oxygens (including phenoxy) is 1. The lowest BCUT2D eigenvalue weighted by Crippen LogP contribution is -2.22. The lowest BCUT2D eigenvalue weighted by molar-refractivity contribution is -0.147. The number of anilines is 2. The molecule has 0 spiro atoms. The van der Waals surface area contributed by atoms with Crippen LogP contribution in [0.15, 0.2) is 48.5 Å². The van der Waals surface area contributed by atoms with Gasteiger partial charge >= 0.3 is 5.97 Å². The van der Waals surface area contributed by atoms with Crippen LogP contribution in [0.25, 0.3) is 0 Å². The molecule has 0 aliphatic heterocycles. The van der Waals surface area contributed by atoms with Crippen LogP contribution in [0.1, 0.15) is 30.1 Å². The molecule has 28 heavy (non-hydrogen) atoms. The highest BCUT2D eigenvalue weighted by atomic mass is 35.5. The molecule has 146 valence electrons. The summed E-state index contributed by atoms with van der Waals surface area (Å²) in [5, 5.41) is 5.52. The summed E-state index contributed by atoms with van der Waals surface area (Å²) in [7, 11) is 0.